The van der Waals surface area contributed by atoms with Gasteiger partial charge in [0, 0.05) is 18.8 Å². The number of carbonyl (C=O) groups excluding carboxylic acids is 1. The second kappa shape index (κ2) is 7.21. The van der Waals surface area contributed by atoms with Crippen LogP contribution in [0.15, 0.2) is 30.5 Å². The minimum atomic E-state index is -0.394. The first kappa shape index (κ1) is 13.9. The van der Waals surface area contributed by atoms with E-state index in [0.29, 0.717) is 18.0 Å². The Morgan fingerprint density at radius 1 is 1.22 bits per heavy atom. The Labute approximate surface area is 106 Å². The normalized spacial score (nSPS) is 10.2. The van der Waals surface area contributed by atoms with E-state index in [1.165, 1.54) is 13.2 Å². The zero-order valence-electron chi connectivity index (χ0n) is 10.7. The number of nitrogens with one attached hydrogen (secondary N) is 1. The summed E-state index contributed by atoms with van der Waals surface area (Å²) in [6, 6.07) is 5.62. The van der Waals surface area contributed by atoms with Gasteiger partial charge in [-0.05, 0) is 17.7 Å². The number of benzene rings is 1. The highest BCUT2D eigenvalue weighted by Gasteiger charge is 2.03. The second-order valence-corrected chi connectivity index (χ2v) is 3.43. The van der Waals surface area contributed by atoms with Gasteiger partial charge in [-0.15, -0.1) is 0 Å². The molecule has 0 heterocycles. The fourth-order valence-electron chi connectivity index (χ4n) is 1.36. The first-order valence-corrected chi connectivity index (χ1v) is 5.40. The zero-order valence-corrected chi connectivity index (χ0v) is 10.7. The van der Waals surface area contributed by atoms with E-state index in [2.05, 4.69) is 10.1 Å². The van der Waals surface area contributed by atoms with E-state index in [-0.39, 0.29) is 0 Å². The summed E-state index contributed by atoms with van der Waals surface area (Å²) in [7, 11) is 4.52. The molecule has 0 aliphatic carbocycles. The van der Waals surface area contributed by atoms with Gasteiger partial charge < -0.3 is 19.5 Å². The lowest BCUT2D eigenvalue weighted by molar-refractivity contribution is -0.134. The van der Waals surface area contributed by atoms with E-state index in [1.807, 2.05) is 18.2 Å². The van der Waals surface area contributed by atoms with Crippen LogP contribution in [-0.4, -0.2) is 27.3 Å². The van der Waals surface area contributed by atoms with Crippen LogP contribution < -0.4 is 14.8 Å². The van der Waals surface area contributed by atoms with Crippen molar-refractivity contribution in [2.75, 3.05) is 21.3 Å². The van der Waals surface area contributed by atoms with Crippen LogP contribution >= 0.6 is 0 Å². The van der Waals surface area contributed by atoms with Gasteiger partial charge in [0.15, 0.2) is 11.5 Å². The molecule has 1 aromatic rings. The number of carbonyl (C=O) groups is 1. The largest absolute Gasteiger partial charge is 0.493 e. The molecule has 0 aliphatic heterocycles. The van der Waals surface area contributed by atoms with E-state index in [4.69, 9.17) is 9.47 Å². The third-order valence-electron chi connectivity index (χ3n) is 2.29. The summed E-state index contributed by atoms with van der Waals surface area (Å²) in [5, 5.41) is 2.98. The number of methoxy groups -OCH3 is 3. The highest BCUT2D eigenvalue weighted by molar-refractivity contribution is 5.81. The number of esters is 1. The monoisotopic (exact) mass is 251 g/mol. The number of hydrogen-bond acceptors (Lipinski definition) is 5. The molecule has 1 rings (SSSR count). The molecule has 1 aromatic carbocycles. The van der Waals surface area contributed by atoms with Crippen LogP contribution in [0.5, 0.6) is 11.5 Å². The van der Waals surface area contributed by atoms with Gasteiger partial charge in [0.05, 0.1) is 21.3 Å². The summed E-state index contributed by atoms with van der Waals surface area (Å²) >= 11 is 0. The number of hydrogen-bond donors (Lipinski definition) is 1. The summed E-state index contributed by atoms with van der Waals surface area (Å²) in [5.41, 5.74) is 1.02. The molecule has 5 heteroatoms. The number of ether oxygens (including phenoxy) is 3. The molecule has 0 aromatic heterocycles. The molecule has 0 aliphatic rings. The van der Waals surface area contributed by atoms with Crippen molar-refractivity contribution in [2.24, 2.45) is 0 Å². The Bertz CT molecular complexity index is 429. The summed E-state index contributed by atoms with van der Waals surface area (Å²) in [6.07, 6.45) is 2.86. The lowest BCUT2D eigenvalue weighted by atomic mass is 10.2. The van der Waals surface area contributed by atoms with Gasteiger partial charge in [-0.3, -0.25) is 0 Å². The fraction of sp³-hybridized carbons (Fsp3) is 0.308. The molecule has 0 saturated carbocycles. The molecule has 5 nitrogen and oxygen atoms in total. The molecular weight excluding hydrogens is 234 g/mol. The highest BCUT2D eigenvalue weighted by Crippen LogP contribution is 2.27. The topological polar surface area (TPSA) is 56.8 Å². The van der Waals surface area contributed by atoms with Crippen molar-refractivity contribution in [2.45, 2.75) is 6.54 Å². The minimum Gasteiger partial charge on any atom is -0.493 e. The first-order valence-electron chi connectivity index (χ1n) is 5.40. The molecule has 0 unspecified atom stereocenters. The van der Waals surface area contributed by atoms with E-state index < -0.39 is 5.97 Å². The highest BCUT2D eigenvalue weighted by atomic mass is 16.5. The average Bonchev–Trinajstić information content (AvgIpc) is 2.42. The molecule has 0 atom stereocenters. The van der Waals surface area contributed by atoms with Crippen molar-refractivity contribution in [3.05, 3.63) is 36.0 Å². The molecular formula is C13H17NO4. The Kier molecular flexibility index (Phi) is 5.57. The Hall–Kier alpha value is -2.17. The first-order chi connectivity index (χ1) is 8.71. The predicted octanol–water partition coefficient (Wildman–Crippen LogP) is 1.48. The molecule has 0 radical (unpaired) electrons. The molecule has 0 amide bonds. The van der Waals surface area contributed by atoms with E-state index in [9.17, 15) is 4.79 Å². The summed E-state index contributed by atoms with van der Waals surface area (Å²) in [6.45, 7) is 0.577. The van der Waals surface area contributed by atoms with E-state index in [1.54, 1.807) is 20.4 Å². The van der Waals surface area contributed by atoms with Gasteiger partial charge in [-0.1, -0.05) is 6.07 Å². The van der Waals surface area contributed by atoms with Gasteiger partial charge in [0.1, 0.15) is 0 Å². The van der Waals surface area contributed by atoms with Gasteiger partial charge in [0.25, 0.3) is 0 Å². The lowest BCUT2D eigenvalue weighted by Crippen LogP contribution is -2.06. The Balaban J connectivity index is 2.58. The van der Waals surface area contributed by atoms with Gasteiger partial charge in [0.2, 0.25) is 0 Å². The molecule has 0 bridgehead atoms. The third kappa shape index (κ3) is 4.01. The van der Waals surface area contributed by atoms with Crippen molar-refractivity contribution in [3.8, 4) is 11.5 Å². The standard InChI is InChI=1S/C13H17NO4/c1-16-11-5-4-10(8-12(11)17-2)9-14-7-6-13(15)18-3/h4-8,14H,9H2,1-3H3/b7-6-. The van der Waals surface area contributed by atoms with E-state index >= 15 is 0 Å². The Morgan fingerprint density at radius 2 is 1.94 bits per heavy atom. The Morgan fingerprint density at radius 3 is 2.56 bits per heavy atom. The maximum atomic E-state index is 10.8. The summed E-state index contributed by atoms with van der Waals surface area (Å²) in [5.74, 6) is 0.968. The maximum absolute atomic E-state index is 10.8. The maximum Gasteiger partial charge on any atom is 0.331 e. The molecule has 98 valence electrons. The lowest BCUT2D eigenvalue weighted by Gasteiger charge is -2.09. The second-order valence-electron chi connectivity index (χ2n) is 3.43. The predicted molar refractivity (Wildman–Crippen MR) is 67.5 cm³/mol. The van der Waals surface area contributed by atoms with Crippen molar-refractivity contribution in [1.29, 1.82) is 0 Å². The molecule has 0 saturated heterocycles. The van der Waals surface area contributed by atoms with Crippen molar-refractivity contribution in [1.82, 2.24) is 5.32 Å². The van der Waals surface area contributed by atoms with Gasteiger partial charge in [-0.25, -0.2) is 4.79 Å². The average molecular weight is 251 g/mol. The van der Waals surface area contributed by atoms with Crippen LogP contribution in [0.25, 0.3) is 0 Å². The van der Waals surface area contributed by atoms with Crippen molar-refractivity contribution >= 4 is 5.97 Å². The SMILES string of the molecule is COC(=O)/C=C\NCc1ccc(OC)c(OC)c1. The quantitative estimate of drug-likeness (QED) is 0.613. The molecule has 18 heavy (non-hydrogen) atoms. The van der Waals surface area contributed by atoms with Crippen LogP contribution in [0, 0.1) is 0 Å². The third-order valence-corrected chi connectivity index (χ3v) is 2.29. The smallest absolute Gasteiger partial charge is 0.331 e. The minimum absolute atomic E-state index is 0.394. The van der Waals surface area contributed by atoms with Crippen molar-refractivity contribution in [3.63, 3.8) is 0 Å². The van der Waals surface area contributed by atoms with Crippen LogP contribution in [0.1, 0.15) is 5.56 Å². The van der Waals surface area contributed by atoms with Gasteiger partial charge in [-0.2, -0.15) is 0 Å². The van der Waals surface area contributed by atoms with Crippen LogP contribution in [0.4, 0.5) is 0 Å². The van der Waals surface area contributed by atoms with Crippen LogP contribution in [0.3, 0.4) is 0 Å². The van der Waals surface area contributed by atoms with E-state index in [0.717, 1.165) is 5.56 Å². The van der Waals surface area contributed by atoms with Crippen LogP contribution in [-0.2, 0) is 16.1 Å². The molecule has 1 N–H and O–H groups in total. The summed E-state index contributed by atoms with van der Waals surface area (Å²) in [4.78, 5) is 10.8. The van der Waals surface area contributed by atoms with Gasteiger partial charge >= 0.3 is 5.97 Å². The van der Waals surface area contributed by atoms with Crippen molar-refractivity contribution < 1.29 is 19.0 Å². The molecule has 0 spiro atoms. The zero-order chi connectivity index (χ0) is 13.4. The number of rotatable bonds is 6. The summed E-state index contributed by atoms with van der Waals surface area (Å²) < 4.78 is 14.8. The fourth-order valence-corrected chi connectivity index (χ4v) is 1.36. The van der Waals surface area contributed by atoms with Crippen LogP contribution in [0.2, 0.25) is 0 Å². The molecule has 0 fully saturated rings.